The van der Waals surface area contributed by atoms with Crippen molar-refractivity contribution in [1.82, 2.24) is 0 Å². The first-order chi connectivity index (χ1) is 25.3. The zero-order valence-electron chi connectivity index (χ0n) is 27.7. The van der Waals surface area contributed by atoms with Crippen LogP contribution in [-0.2, 0) is 0 Å². The third-order valence-electron chi connectivity index (χ3n) is 9.84. The molecule has 0 atom stereocenters. The van der Waals surface area contributed by atoms with Crippen molar-refractivity contribution in [2.24, 2.45) is 0 Å². The molecule has 0 aliphatic carbocycles. The van der Waals surface area contributed by atoms with Crippen LogP contribution in [0.1, 0.15) is 0 Å². The van der Waals surface area contributed by atoms with E-state index in [1.807, 2.05) is 17.4 Å². The zero-order chi connectivity index (χ0) is 33.7. The molecule has 0 radical (unpaired) electrons. The fourth-order valence-corrected chi connectivity index (χ4v) is 8.69. The maximum Gasteiger partial charge on any atom is 0.160 e. The van der Waals surface area contributed by atoms with Crippen molar-refractivity contribution in [2.75, 3.05) is 4.90 Å². The molecular weight excluding hydrogens is 639 g/mol. The first kappa shape index (κ1) is 29.5. The molecule has 0 fully saturated rings. The summed E-state index contributed by atoms with van der Waals surface area (Å²) in [5.41, 5.74) is 11.8. The molecule has 0 saturated carbocycles. The third kappa shape index (κ3) is 5.01. The van der Waals surface area contributed by atoms with Gasteiger partial charge < -0.3 is 9.32 Å². The maximum absolute atomic E-state index is 6.93. The Balaban J connectivity index is 1.37. The predicted octanol–water partition coefficient (Wildman–Crippen LogP) is 14.4. The Bertz CT molecular complexity index is 2790. The van der Waals surface area contributed by atoms with Gasteiger partial charge in [0.05, 0.1) is 16.1 Å². The minimum absolute atomic E-state index is 0.863. The minimum atomic E-state index is 0.863. The summed E-state index contributed by atoms with van der Waals surface area (Å²) in [6.07, 6.45) is 0. The molecule has 8 aromatic carbocycles. The van der Waals surface area contributed by atoms with Gasteiger partial charge in [0.25, 0.3) is 0 Å². The number of rotatable bonds is 6. The van der Waals surface area contributed by atoms with Crippen LogP contribution in [0.5, 0.6) is 0 Å². The number of thiophene rings is 1. The second kappa shape index (κ2) is 12.2. The van der Waals surface area contributed by atoms with Crippen LogP contribution >= 0.6 is 11.3 Å². The second-order valence-corrected chi connectivity index (χ2v) is 13.9. The normalized spacial score (nSPS) is 11.5. The molecule has 2 aromatic heterocycles. The molecule has 0 aliphatic rings. The number of para-hydroxylation sites is 1. The van der Waals surface area contributed by atoms with E-state index in [4.69, 9.17) is 4.42 Å². The number of nitrogens with zero attached hydrogens (tertiary/aromatic N) is 1. The lowest BCUT2D eigenvalue weighted by Gasteiger charge is -2.29. The van der Waals surface area contributed by atoms with E-state index >= 15 is 0 Å². The van der Waals surface area contributed by atoms with Gasteiger partial charge in [0.1, 0.15) is 5.58 Å². The molecule has 0 aliphatic heterocycles. The Hall–Kier alpha value is -6.42. The van der Waals surface area contributed by atoms with Crippen molar-refractivity contribution in [2.45, 2.75) is 0 Å². The smallest absolute Gasteiger partial charge is 0.160 e. The van der Waals surface area contributed by atoms with Gasteiger partial charge in [0.15, 0.2) is 5.58 Å². The van der Waals surface area contributed by atoms with Gasteiger partial charge in [0, 0.05) is 37.5 Å². The highest BCUT2D eigenvalue weighted by atomic mass is 32.1. The van der Waals surface area contributed by atoms with E-state index < -0.39 is 0 Å². The fraction of sp³-hybridized carbons (Fsp3) is 0. The molecule has 2 heterocycles. The molecule has 0 saturated heterocycles. The molecule has 0 N–H and O–H groups in total. The van der Waals surface area contributed by atoms with Gasteiger partial charge in [-0.25, -0.2) is 0 Å². The first-order valence-corrected chi connectivity index (χ1v) is 18.1. The van der Waals surface area contributed by atoms with Gasteiger partial charge >= 0.3 is 0 Å². The Kier molecular flexibility index (Phi) is 7.04. The summed E-state index contributed by atoms with van der Waals surface area (Å²) in [5.74, 6) is 0. The number of hydrogen-bond acceptors (Lipinski definition) is 3. The van der Waals surface area contributed by atoms with Gasteiger partial charge in [-0.3, -0.25) is 0 Å². The third-order valence-corrected chi connectivity index (χ3v) is 11.1. The molecule has 0 unspecified atom stereocenters. The van der Waals surface area contributed by atoms with E-state index in [1.54, 1.807) is 0 Å². The van der Waals surface area contributed by atoms with E-state index in [0.717, 1.165) is 61.3 Å². The molecule has 0 amide bonds. The largest absolute Gasteiger partial charge is 0.454 e. The second-order valence-electron chi connectivity index (χ2n) is 12.9. The van der Waals surface area contributed by atoms with E-state index in [-0.39, 0.29) is 0 Å². The average molecular weight is 670 g/mol. The van der Waals surface area contributed by atoms with Crippen molar-refractivity contribution >= 4 is 70.5 Å². The molecule has 0 bridgehead atoms. The van der Waals surface area contributed by atoms with E-state index in [9.17, 15) is 0 Å². The average Bonchev–Trinajstić information content (AvgIpc) is 3.78. The molecule has 240 valence electrons. The molecule has 10 aromatic rings. The van der Waals surface area contributed by atoms with Crippen LogP contribution in [0.15, 0.2) is 192 Å². The van der Waals surface area contributed by atoms with Crippen LogP contribution in [0, 0.1) is 0 Å². The van der Waals surface area contributed by atoms with E-state index in [0.29, 0.717) is 0 Å². The van der Waals surface area contributed by atoms with Gasteiger partial charge in [-0.05, 0) is 70.3 Å². The van der Waals surface area contributed by atoms with Crippen LogP contribution in [0.4, 0.5) is 17.1 Å². The number of hydrogen-bond donors (Lipinski definition) is 0. The van der Waals surface area contributed by atoms with Crippen molar-refractivity contribution in [3.05, 3.63) is 188 Å². The number of benzene rings is 8. The van der Waals surface area contributed by atoms with Crippen LogP contribution in [-0.4, -0.2) is 0 Å². The Morgan fingerprint density at radius 2 is 1.00 bits per heavy atom. The quantitative estimate of drug-likeness (QED) is 0.175. The van der Waals surface area contributed by atoms with Crippen molar-refractivity contribution in [1.29, 1.82) is 0 Å². The SMILES string of the molecule is c1ccc(-c2cc(-c3ccccc3)cc(N(c3c(-c4ccccc4)ccc4c3oc3ccccc34)c3cccc4c3sc3ccccc34)c2)cc1. The lowest BCUT2D eigenvalue weighted by atomic mass is 9.95. The summed E-state index contributed by atoms with van der Waals surface area (Å²) in [6.45, 7) is 0. The lowest BCUT2D eigenvalue weighted by Crippen LogP contribution is -2.12. The molecule has 2 nitrogen and oxygen atoms in total. The Labute approximate surface area is 300 Å². The maximum atomic E-state index is 6.93. The van der Waals surface area contributed by atoms with Crippen LogP contribution in [0.3, 0.4) is 0 Å². The summed E-state index contributed by atoms with van der Waals surface area (Å²) in [5, 5.41) is 4.72. The van der Waals surface area contributed by atoms with Gasteiger partial charge in [0.2, 0.25) is 0 Å². The fourth-order valence-electron chi connectivity index (χ4n) is 7.48. The Morgan fingerprint density at radius 1 is 0.412 bits per heavy atom. The molecule has 0 spiro atoms. The summed E-state index contributed by atoms with van der Waals surface area (Å²) < 4.78 is 9.44. The summed E-state index contributed by atoms with van der Waals surface area (Å²) in [7, 11) is 0. The lowest BCUT2D eigenvalue weighted by molar-refractivity contribution is 0.669. The predicted molar refractivity (Wildman–Crippen MR) is 218 cm³/mol. The molecular formula is C48H31NOS. The summed E-state index contributed by atoms with van der Waals surface area (Å²) in [6, 6.07) is 67.4. The number of fused-ring (bicyclic) bond motifs is 6. The highest BCUT2D eigenvalue weighted by Crippen LogP contribution is 2.51. The zero-order valence-corrected chi connectivity index (χ0v) is 28.5. The number of anilines is 3. The highest BCUT2D eigenvalue weighted by Gasteiger charge is 2.26. The number of furan rings is 1. The van der Waals surface area contributed by atoms with Crippen LogP contribution in [0.25, 0.3) is 75.5 Å². The van der Waals surface area contributed by atoms with Gasteiger partial charge in [-0.2, -0.15) is 0 Å². The highest BCUT2D eigenvalue weighted by molar-refractivity contribution is 7.26. The van der Waals surface area contributed by atoms with Gasteiger partial charge in [-0.15, -0.1) is 11.3 Å². The molecule has 10 rings (SSSR count). The van der Waals surface area contributed by atoms with E-state index in [1.165, 1.54) is 31.3 Å². The topological polar surface area (TPSA) is 16.4 Å². The first-order valence-electron chi connectivity index (χ1n) is 17.3. The summed E-state index contributed by atoms with van der Waals surface area (Å²) in [4.78, 5) is 2.46. The van der Waals surface area contributed by atoms with Crippen LogP contribution < -0.4 is 4.90 Å². The van der Waals surface area contributed by atoms with Crippen LogP contribution in [0.2, 0.25) is 0 Å². The monoisotopic (exact) mass is 669 g/mol. The van der Waals surface area contributed by atoms with Crippen molar-refractivity contribution in [3.8, 4) is 33.4 Å². The van der Waals surface area contributed by atoms with E-state index in [2.05, 4.69) is 187 Å². The molecule has 51 heavy (non-hydrogen) atoms. The summed E-state index contributed by atoms with van der Waals surface area (Å²) >= 11 is 1.85. The standard InChI is InChI=1S/C48H31NOS/c1-4-15-32(16-5-1)35-29-36(33-17-6-2-7-18-33)31-37(30-35)49(43-24-14-23-42-40-22-11-13-26-45(40)51-48(42)43)46-38(34-19-8-3-9-20-34)27-28-41-39-21-10-12-25-44(39)50-47(41)46/h1-31H. The van der Waals surface area contributed by atoms with Crippen molar-refractivity contribution in [3.63, 3.8) is 0 Å². The van der Waals surface area contributed by atoms with Crippen molar-refractivity contribution < 1.29 is 4.42 Å². The molecule has 3 heteroatoms. The van der Waals surface area contributed by atoms with Gasteiger partial charge in [-0.1, -0.05) is 146 Å². The minimum Gasteiger partial charge on any atom is -0.454 e. The Morgan fingerprint density at radius 3 is 1.71 bits per heavy atom.